The lowest BCUT2D eigenvalue weighted by atomic mass is 10.1. The van der Waals surface area contributed by atoms with Gasteiger partial charge in [0.05, 0.1) is 21.7 Å². The third-order valence-corrected chi connectivity index (χ3v) is 6.06. The molecule has 1 amide bonds. The van der Waals surface area contributed by atoms with E-state index in [1.54, 1.807) is 4.72 Å². The lowest BCUT2D eigenvalue weighted by Crippen LogP contribution is -2.16. The van der Waals surface area contributed by atoms with Crippen molar-refractivity contribution in [3.63, 3.8) is 0 Å². The zero-order valence-corrected chi connectivity index (χ0v) is 15.8. The molecule has 162 valence electrons. The van der Waals surface area contributed by atoms with Crippen LogP contribution >= 0.6 is 0 Å². The maximum atomic E-state index is 13.0. The minimum absolute atomic E-state index is 0.0869. The van der Waals surface area contributed by atoms with Crippen LogP contribution in [0.1, 0.15) is 21.5 Å². The first-order valence-corrected chi connectivity index (χ1v) is 9.95. The molecule has 0 aromatic heterocycles. The number of carbonyl (C=O) groups excluding carboxylic acids is 1. The van der Waals surface area contributed by atoms with Gasteiger partial charge in [-0.3, -0.25) is 9.52 Å². The number of anilines is 2. The summed E-state index contributed by atoms with van der Waals surface area (Å²) in [5.74, 6) is -0.462. The molecular weight excluding hydrogens is 450 g/mol. The minimum Gasteiger partial charge on any atom is -0.321 e. The number of sulfonamides is 1. The molecule has 0 aliphatic carbocycles. The Hall–Kier alpha value is -3.28. The van der Waals surface area contributed by atoms with E-state index in [4.69, 9.17) is 0 Å². The highest BCUT2D eigenvalue weighted by atomic mass is 32.2. The lowest BCUT2D eigenvalue weighted by molar-refractivity contribution is -0.143. The Kier molecular flexibility index (Phi) is 4.47. The smallest absolute Gasteiger partial charge is 0.321 e. The summed E-state index contributed by atoms with van der Waals surface area (Å²) in [5, 5.41) is 2.92. The van der Waals surface area contributed by atoms with Crippen LogP contribution < -0.4 is 10.0 Å². The van der Waals surface area contributed by atoms with Crippen LogP contribution in [-0.2, 0) is 22.4 Å². The molecule has 0 atom stereocenters. The fourth-order valence-electron chi connectivity index (χ4n) is 3.32. The maximum absolute atomic E-state index is 13.0. The second-order valence-electron chi connectivity index (χ2n) is 6.69. The first-order chi connectivity index (χ1) is 14.3. The predicted octanol–water partition coefficient (Wildman–Crippen LogP) is 5.24. The topological polar surface area (TPSA) is 75.3 Å². The van der Waals surface area contributed by atoms with Crippen molar-refractivity contribution < 1.29 is 39.6 Å². The quantitative estimate of drug-likeness (QED) is 0.525. The Balaban J connectivity index is 1.84. The third kappa shape index (κ3) is 3.67. The first-order valence-electron chi connectivity index (χ1n) is 8.47. The molecule has 4 rings (SSSR count). The van der Waals surface area contributed by atoms with Gasteiger partial charge in [-0.15, -0.1) is 0 Å². The highest BCUT2D eigenvalue weighted by molar-refractivity contribution is 7.93. The monoisotopic (exact) mass is 460 g/mol. The Bertz CT molecular complexity index is 1310. The van der Waals surface area contributed by atoms with Crippen molar-refractivity contribution in [2.45, 2.75) is 17.2 Å². The number of rotatable bonds is 3. The number of alkyl halides is 6. The molecule has 0 saturated carbocycles. The number of carbonyl (C=O) groups is 1. The summed E-state index contributed by atoms with van der Waals surface area (Å²) < 4.78 is 106. The van der Waals surface area contributed by atoms with Gasteiger partial charge in [0, 0.05) is 22.0 Å². The highest BCUT2D eigenvalue weighted by Gasteiger charge is 2.37. The molecular formula is C19H10F6N2O3S. The van der Waals surface area contributed by atoms with Crippen molar-refractivity contribution >= 4 is 38.1 Å². The van der Waals surface area contributed by atoms with Crippen LogP contribution in [-0.4, -0.2) is 14.3 Å². The van der Waals surface area contributed by atoms with Gasteiger partial charge in [-0.05, 0) is 36.4 Å². The van der Waals surface area contributed by atoms with E-state index in [1.807, 2.05) is 0 Å². The Morgan fingerprint density at radius 1 is 0.839 bits per heavy atom. The van der Waals surface area contributed by atoms with Crippen molar-refractivity contribution in [3.8, 4) is 0 Å². The van der Waals surface area contributed by atoms with Gasteiger partial charge in [0.1, 0.15) is 0 Å². The van der Waals surface area contributed by atoms with E-state index in [0.29, 0.717) is 5.69 Å². The van der Waals surface area contributed by atoms with Gasteiger partial charge in [-0.1, -0.05) is 12.1 Å². The van der Waals surface area contributed by atoms with Gasteiger partial charge in [0.25, 0.3) is 15.9 Å². The van der Waals surface area contributed by atoms with E-state index in [1.165, 1.54) is 24.3 Å². The first kappa shape index (κ1) is 21.0. The molecule has 12 heteroatoms. The van der Waals surface area contributed by atoms with Crippen molar-refractivity contribution in [3.05, 3.63) is 65.2 Å². The van der Waals surface area contributed by atoms with E-state index >= 15 is 0 Å². The molecule has 0 saturated heterocycles. The zero-order chi connectivity index (χ0) is 22.8. The Morgan fingerprint density at radius 3 is 2.03 bits per heavy atom. The Labute approximate surface area is 170 Å². The van der Waals surface area contributed by atoms with Crippen molar-refractivity contribution in [2.24, 2.45) is 0 Å². The molecule has 0 fully saturated rings. The van der Waals surface area contributed by atoms with Crippen molar-refractivity contribution in [2.75, 3.05) is 10.0 Å². The molecule has 0 radical (unpaired) electrons. The number of hydrogen-bond donors (Lipinski definition) is 2. The normalized spacial score (nSPS) is 14.1. The minimum atomic E-state index is -5.13. The molecule has 1 heterocycles. The summed E-state index contributed by atoms with van der Waals surface area (Å²) in [4.78, 5) is 11.6. The standard InChI is InChI=1S/C19H10F6N2O3S/c20-18(21,22)9-6-10(19(23,24)25)8-11(7-9)27-31(29,30)15-5-4-14-16-12(15)2-1-3-13(16)17(28)26-14/h1-8,27H,(H,26,28). The number of hydrogen-bond acceptors (Lipinski definition) is 3. The summed E-state index contributed by atoms with van der Waals surface area (Å²) in [6.45, 7) is 0. The summed E-state index contributed by atoms with van der Waals surface area (Å²) in [5.41, 5.74) is -3.68. The van der Waals surface area contributed by atoms with E-state index in [2.05, 4.69) is 5.32 Å². The van der Waals surface area contributed by atoms with Gasteiger partial charge in [-0.2, -0.15) is 26.3 Å². The Morgan fingerprint density at radius 2 is 1.45 bits per heavy atom. The number of nitrogens with one attached hydrogen (secondary N) is 2. The van der Waals surface area contributed by atoms with Gasteiger partial charge < -0.3 is 5.32 Å². The van der Waals surface area contributed by atoms with Crippen LogP contribution in [0.5, 0.6) is 0 Å². The molecule has 1 aliphatic rings. The molecule has 0 spiro atoms. The van der Waals surface area contributed by atoms with E-state index in [-0.39, 0.29) is 34.5 Å². The van der Waals surface area contributed by atoms with Crippen LogP contribution in [0.15, 0.2) is 53.4 Å². The molecule has 5 nitrogen and oxygen atoms in total. The molecule has 3 aromatic carbocycles. The number of amides is 1. The van der Waals surface area contributed by atoms with E-state index < -0.39 is 50.0 Å². The van der Waals surface area contributed by atoms with Crippen molar-refractivity contribution in [1.82, 2.24) is 0 Å². The summed E-state index contributed by atoms with van der Waals surface area (Å²) in [6, 6.07) is 7.10. The van der Waals surface area contributed by atoms with Crippen LogP contribution in [0.4, 0.5) is 37.7 Å². The van der Waals surface area contributed by atoms with Crippen molar-refractivity contribution in [1.29, 1.82) is 0 Å². The molecule has 1 aliphatic heterocycles. The molecule has 2 N–H and O–H groups in total. The largest absolute Gasteiger partial charge is 0.416 e. The van der Waals surface area contributed by atoms with Crippen LogP contribution in [0.2, 0.25) is 0 Å². The second-order valence-corrected chi connectivity index (χ2v) is 8.34. The van der Waals surface area contributed by atoms with Gasteiger partial charge in [-0.25, -0.2) is 8.42 Å². The van der Waals surface area contributed by atoms with E-state index in [0.717, 1.165) is 6.07 Å². The third-order valence-electron chi connectivity index (χ3n) is 4.62. The van der Waals surface area contributed by atoms with E-state index in [9.17, 15) is 39.6 Å². The SMILES string of the molecule is O=C1Nc2ccc(S(=O)(=O)Nc3cc(C(F)(F)F)cc(C(F)(F)F)c3)c3cccc1c23. The average Bonchev–Trinajstić information content (AvgIpc) is 2.97. The fourth-order valence-corrected chi connectivity index (χ4v) is 4.57. The number of benzene rings is 3. The van der Waals surface area contributed by atoms with Crippen LogP contribution in [0.3, 0.4) is 0 Å². The molecule has 0 unspecified atom stereocenters. The highest BCUT2D eigenvalue weighted by Crippen LogP contribution is 2.39. The maximum Gasteiger partial charge on any atom is 0.416 e. The van der Waals surface area contributed by atoms with Crippen LogP contribution in [0, 0.1) is 0 Å². The molecule has 0 bridgehead atoms. The molecule has 3 aromatic rings. The second kappa shape index (κ2) is 6.61. The average molecular weight is 460 g/mol. The summed E-state index contributed by atoms with van der Waals surface area (Å²) in [7, 11) is -4.61. The lowest BCUT2D eigenvalue weighted by Gasteiger charge is -2.16. The van der Waals surface area contributed by atoms with Gasteiger partial charge >= 0.3 is 12.4 Å². The van der Waals surface area contributed by atoms with Crippen LogP contribution in [0.25, 0.3) is 10.8 Å². The van der Waals surface area contributed by atoms with Gasteiger partial charge in [0.2, 0.25) is 0 Å². The predicted molar refractivity (Wildman–Crippen MR) is 99.2 cm³/mol. The number of halogens is 6. The fraction of sp³-hybridized carbons (Fsp3) is 0.105. The summed E-state index contributed by atoms with van der Waals surface area (Å²) in [6.07, 6.45) is -10.3. The zero-order valence-electron chi connectivity index (χ0n) is 15.0. The summed E-state index contributed by atoms with van der Waals surface area (Å²) >= 11 is 0. The molecule has 31 heavy (non-hydrogen) atoms. The van der Waals surface area contributed by atoms with Gasteiger partial charge in [0.15, 0.2) is 0 Å².